The zero-order chi connectivity index (χ0) is 36.8. The number of aromatic hydroxyl groups is 1. The van der Waals surface area contributed by atoms with Crippen molar-refractivity contribution in [1.29, 1.82) is 0 Å². The topological polar surface area (TPSA) is 139 Å². The summed E-state index contributed by atoms with van der Waals surface area (Å²) < 4.78 is 17.5. The van der Waals surface area contributed by atoms with Gasteiger partial charge in [-0.1, -0.05) is 42.0 Å². The summed E-state index contributed by atoms with van der Waals surface area (Å²) in [6.07, 6.45) is 2.43. The summed E-state index contributed by atoms with van der Waals surface area (Å²) in [5, 5.41) is 10.6. The van der Waals surface area contributed by atoms with Crippen molar-refractivity contribution < 1.29 is 38.2 Å². The van der Waals surface area contributed by atoms with Crippen LogP contribution in [0.15, 0.2) is 107 Å². The highest BCUT2D eigenvalue weighted by atomic mass is 16.5. The molecule has 11 nitrogen and oxygen atoms in total. The number of anilines is 2. The van der Waals surface area contributed by atoms with E-state index in [2.05, 4.69) is 4.98 Å². The van der Waals surface area contributed by atoms with Crippen LogP contribution in [0.25, 0.3) is 22.6 Å². The van der Waals surface area contributed by atoms with E-state index >= 15 is 0 Å². The van der Waals surface area contributed by atoms with Gasteiger partial charge in [0.1, 0.15) is 22.8 Å². The molecule has 266 valence electrons. The quantitative estimate of drug-likeness (QED) is 0.152. The molecule has 5 aromatic rings. The highest BCUT2D eigenvalue weighted by molar-refractivity contribution is 6.25. The molecule has 0 unspecified atom stereocenters. The summed E-state index contributed by atoms with van der Waals surface area (Å²) in [5.74, 6) is -4.10. The number of ether oxygens (including phenoxy) is 2. The van der Waals surface area contributed by atoms with Crippen molar-refractivity contribution in [2.45, 2.75) is 25.7 Å². The number of rotatable bonds is 6. The first-order valence-electron chi connectivity index (χ1n) is 17.6. The summed E-state index contributed by atoms with van der Waals surface area (Å²) in [5.41, 5.74) is 2.92. The van der Waals surface area contributed by atoms with Gasteiger partial charge in [-0.25, -0.2) is 9.88 Å². The van der Waals surface area contributed by atoms with Gasteiger partial charge >= 0.3 is 0 Å². The Morgan fingerprint density at radius 3 is 2.13 bits per heavy atom. The summed E-state index contributed by atoms with van der Waals surface area (Å²) in [7, 11) is 2.93. The highest BCUT2D eigenvalue weighted by Gasteiger charge is 2.68. The average Bonchev–Trinajstić information content (AvgIpc) is 3.78. The lowest BCUT2D eigenvalue weighted by molar-refractivity contribution is -0.131. The molecule has 3 heterocycles. The number of oxazole rings is 1. The van der Waals surface area contributed by atoms with Crippen LogP contribution in [-0.2, 0) is 19.2 Å². The molecule has 11 heteroatoms. The molecule has 0 radical (unpaired) electrons. The molecule has 3 fully saturated rings. The number of methoxy groups -OCH3 is 2. The average molecular weight is 710 g/mol. The van der Waals surface area contributed by atoms with Gasteiger partial charge in [0, 0.05) is 29.2 Å². The van der Waals surface area contributed by atoms with E-state index in [0.29, 0.717) is 34.0 Å². The fourth-order valence-electron chi connectivity index (χ4n) is 9.36. The Bertz CT molecular complexity index is 2330. The van der Waals surface area contributed by atoms with Crippen LogP contribution in [0.4, 0.5) is 11.4 Å². The van der Waals surface area contributed by atoms with Crippen LogP contribution in [0, 0.1) is 29.1 Å². The molecule has 4 aromatic carbocycles. The molecule has 6 atom stereocenters. The van der Waals surface area contributed by atoms with Crippen molar-refractivity contribution >= 4 is 46.1 Å². The van der Waals surface area contributed by atoms with Crippen LogP contribution in [0.1, 0.15) is 31.2 Å². The molecular weight excluding hydrogens is 674 g/mol. The molecule has 4 amide bonds. The van der Waals surface area contributed by atoms with Gasteiger partial charge in [0.2, 0.25) is 29.5 Å². The van der Waals surface area contributed by atoms with Crippen LogP contribution in [0.3, 0.4) is 0 Å². The maximum Gasteiger partial charge on any atom is 0.241 e. The van der Waals surface area contributed by atoms with Crippen LogP contribution < -0.4 is 19.3 Å². The Morgan fingerprint density at radius 1 is 0.792 bits per heavy atom. The van der Waals surface area contributed by atoms with Gasteiger partial charge in [-0.2, -0.15) is 0 Å². The maximum atomic E-state index is 14.8. The third-order valence-electron chi connectivity index (χ3n) is 11.8. The number of aromatic nitrogens is 1. The highest BCUT2D eigenvalue weighted by Crippen LogP contribution is 2.65. The summed E-state index contributed by atoms with van der Waals surface area (Å²) >= 11 is 0. The van der Waals surface area contributed by atoms with Gasteiger partial charge < -0.3 is 19.0 Å². The molecule has 9 rings (SSSR count). The van der Waals surface area contributed by atoms with E-state index < -0.39 is 35.0 Å². The first-order chi connectivity index (χ1) is 25.6. The van der Waals surface area contributed by atoms with Gasteiger partial charge in [0.25, 0.3) is 0 Å². The fourth-order valence-corrected chi connectivity index (χ4v) is 9.36. The molecule has 1 aromatic heterocycles. The van der Waals surface area contributed by atoms with E-state index in [1.165, 1.54) is 36.2 Å². The predicted molar refractivity (Wildman–Crippen MR) is 194 cm³/mol. The fraction of sp³-hybridized carbons (Fsp3) is 0.262. The SMILES string of the molecule is COc1cc(O)cc(OC)c1[C@H]1C2=CC[C@@H]3C(=O)N(c4ccc(-c5nc6ccccc6o5)cc4)C(=O)[C@@H]3[C@@H]2C[C@H]2C(=O)N(c3ccccc3)C(=O)[C@@]12C. The standard InChI is InChI=1S/C42H35N3O8/c1-42-29(39(48)45(41(42)50)23-9-5-4-6-10-23)21-28-26(36(42)35-32(51-2)19-25(46)20-33(35)52-3)17-18-27-34(28)40(49)44(38(27)47)24-15-13-22(14-16-24)37-43-30-11-7-8-12-31(30)53-37/h4-17,19-20,27-29,34,36,46H,18,21H2,1-3H3/t27-,28+,29-,34-,36+,42+/m0/s1. The summed E-state index contributed by atoms with van der Waals surface area (Å²) in [6, 6.07) is 26.2. The first kappa shape index (κ1) is 32.7. The minimum absolute atomic E-state index is 0.0942. The van der Waals surface area contributed by atoms with Crippen molar-refractivity contribution in [3.63, 3.8) is 0 Å². The number of hydrogen-bond donors (Lipinski definition) is 1. The number of benzene rings is 4. The Morgan fingerprint density at radius 2 is 1.45 bits per heavy atom. The zero-order valence-electron chi connectivity index (χ0n) is 29.2. The molecule has 2 saturated heterocycles. The van der Waals surface area contributed by atoms with Crippen LogP contribution in [-0.4, -0.2) is 47.9 Å². The van der Waals surface area contributed by atoms with Crippen molar-refractivity contribution in [1.82, 2.24) is 4.98 Å². The smallest absolute Gasteiger partial charge is 0.241 e. The third-order valence-corrected chi connectivity index (χ3v) is 11.8. The van der Waals surface area contributed by atoms with E-state index in [0.717, 1.165) is 11.1 Å². The molecule has 4 aliphatic rings. The largest absolute Gasteiger partial charge is 0.508 e. The second-order valence-electron chi connectivity index (χ2n) is 14.3. The molecular formula is C42H35N3O8. The first-order valence-corrected chi connectivity index (χ1v) is 17.6. The predicted octanol–water partition coefficient (Wildman–Crippen LogP) is 6.65. The van der Waals surface area contributed by atoms with E-state index in [-0.39, 0.29) is 53.7 Å². The number of hydrogen-bond acceptors (Lipinski definition) is 9. The number of carbonyl (C=O) groups is 4. The van der Waals surface area contributed by atoms with Crippen molar-refractivity contribution in [3.8, 4) is 28.7 Å². The van der Waals surface area contributed by atoms with E-state index in [4.69, 9.17) is 13.9 Å². The van der Waals surface area contributed by atoms with Crippen LogP contribution >= 0.6 is 0 Å². The maximum absolute atomic E-state index is 14.8. The lowest BCUT2D eigenvalue weighted by atomic mass is 9.51. The lowest BCUT2D eigenvalue weighted by Gasteiger charge is -2.49. The van der Waals surface area contributed by atoms with Crippen LogP contribution in [0.2, 0.25) is 0 Å². The van der Waals surface area contributed by atoms with Crippen LogP contribution in [0.5, 0.6) is 17.2 Å². The Labute approximate surface area is 304 Å². The van der Waals surface area contributed by atoms with E-state index in [1.807, 2.05) is 36.4 Å². The summed E-state index contributed by atoms with van der Waals surface area (Å²) in [4.78, 5) is 65.1. The van der Waals surface area contributed by atoms with Gasteiger partial charge in [0.15, 0.2) is 5.58 Å². The molecule has 0 spiro atoms. The second-order valence-corrected chi connectivity index (χ2v) is 14.3. The van der Waals surface area contributed by atoms with E-state index in [9.17, 15) is 24.3 Å². The van der Waals surface area contributed by atoms with Crippen molar-refractivity contribution in [2.75, 3.05) is 24.0 Å². The normalized spacial score (nSPS) is 26.4. The number of para-hydroxylation sites is 3. The monoisotopic (exact) mass is 709 g/mol. The third kappa shape index (κ3) is 4.62. The number of amides is 4. The minimum atomic E-state index is -1.31. The Balaban J connectivity index is 1.13. The number of phenols is 1. The summed E-state index contributed by atoms with van der Waals surface area (Å²) in [6.45, 7) is 1.80. The van der Waals surface area contributed by atoms with Gasteiger partial charge in [-0.05, 0) is 74.2 Å². The molecule has 0 bridgehead atoms. The number of allylic oxidation sites excluding steroid dienone is 2. The Kier molecular flexibility index (Phi) is 7.34. The van der Waals surface area contributed by atoms with Crippen molar-refractivity contribution in [2.24, 2.45) is 29.1 Å². The molecule has 2 aliphatic carbocycles. The molecule has 1 saturated carbocycles. The number of fused-ring (bicyclic) bond motifs is 5. The van der Waals surface area contributed by atoms with Gasteiger partial charge in [-0.15, -0.1) is 0 Å². The van der Waals surface area contributed by atoms with E-state index in [1.54, 1.807) is 55.5 Å². The molecule has 1 N–H and O–H groups in total. The molecule has 53 heavy (non-hydrogen) atoms. The Hall–Kier alpha value is -6.23. The van der Waals surface area contributed by atoms with Gasteiger partial charge in [-0.3, -0.25) is 24.1 Å². The minimum Gasteiger partial charge on any atom is -0.508 e. The lowest BCUT2D eigenvalue weighted by Crippen LogP contribution is -2.49. The number of carbonyl (C=O) groups excluding carboxylic acids is 4. The number of nitrogens with zero attached hydrogens (tertiary/aromatic N) is 3. The zero-order valence-corrected chi connectivity index (χ0v) is 29.2. The number of phenolic OH excluding ortho intramolecular Hbond substituents is 1. The van der Waals surface area contributed by atoms with Crippen molar-refractivity contribution in [3.05, 3.63) is 108 Å². The second kappa shape index (κ2) is 11.9. The number of imide groups is 2. The molecule has 2 aliphatic heterocycles. The van der Waals surface area contributed by atoms with Gasteiger partial charge in [0.05, 0.1) is 48.8 Å².